The number of para-hydroxylation sites is 1. The van der Waals surface area contributed by atoms with E-state index in [-0.39, 0.29) is 0 Å². The number of aromatic amines is 1. The minimum atomic E-state index is -0.529. The lowest BCUT2D eigenvalue weighted by molar-refractivity contribution is 0.172. The number of aliphatic hydroxyl groups is 1. The highest BCUT2D eigenvalue weighted by molar-refractivity contribution is 6.08. The summed E-state index contributed by atoms with van der Waals surface area (Å²) in [6.07, 6.45) is -0.529. The summed E-state index contributed by atoms with van der Waals surface area (Å²) in [5.74, 6) is 0.666. The Bertz CT molecular complexity index is 1040. The standard InChI is InChI=1S/C22H23N3O2/c23-18-12-17-16-8-4-5-9-19(16)25-20(17)13-22(18)27-11-10-24-14-21(26)15-6-2-1-3-7-15/h1-9,12-13,21,24-26H,10-11,14,23H2. The third-order valence-corrected chi connectivity index (χ3v) is 4.69. The fourth-order valence-corrected chi connectivity index (χ4v) is 3.28. The van der Waals surface area contributed by atoms with Crippen molar-refractivity contribution in [2.45, 2.75) is 6.10 Å². The molecule has 4 aromatic rings. The van der Waals surface area contributed by atoms with Crippen LogP contribution in [0.3, 0.4) is 0 Å². The quantitative estimate of drug-likeness (QED) is 0.299. The van der Waals surface area contributed by atoms with Gasteiger partial charge in [-0.05, 0) is 17.7 Å². The normalized spacial score (nSPS) is 12.5. The van der Waals surface area contributed by atoms with E-state index in [1.54, 1.807) is 0 Å². The van der Waals surface area contributed by atoms with Crippen LogP contribution in [0.1, 0.15) is 11.7 Å². The van der Waals surface area contributed by atoms with E-state index in [0.717, 1.165) is 27.4 Å². The van der Waals surface area contributed by atoms with Crippen molar-refractivity contribution in [2.24, 2.45) is 0 Å². The zero-order chi connectivity index (χ0) is 18.6. The van der Waals surface area contributed by atoms with Crippen LogP contribution in [0, 0.1) is 0 Å². The van der Waals surface area contributed by atoms with Gasteiger partial charge in [0.2, 0.25) is 0 Å². The monoisotopic (exact) mass is 361 g/mol. The molecule has 138 valence electrons. The fourth-order valence-electron chi connectivity index (χ4n) is 3.28. The molecule has 0 aliphatic rings. The summed E-state index contributed by atoms with van der Waals surface area (Å²) in [5, 5.41) is 15.6. The Morgan fingerprint density at radius 3 is 2.59 bits per heavy atom. The number of benzene rings is 3. The number of anilines is 1. The highest BCUT2D eigenvalue weighted by Crippen LogP contribution is 2.32. The summed E-state index contributed by atoms with van der Waals surface area (Å²) in [6.45, 7) is 1.56. The van der Waals surface area contributed by atoms with E-state index >= 15 is 0 Å². The van der Waals surface area contributed by atoms with Gasteiger partial charge in [-0.2, -0.15) is 0 Å². The summed E-state index contributed by atoms with van der Waals surface area (Å²) < 4.78 is 5.84. The van der Waals surface area contributed by atoms with Gasteiger partial charge in [0.05, 0.1) is 17.3 Å². The molecular formula is C22H23N3O2. The van der Waals surface area contributed by atoms with Gasteiger partial charge < -0.3 is 25.9 Å². The molecule has 1 unspecified atom stereocenters. The number of hydrogen-bond acceptors (Lipinski definition) is 4. The maximum Gasteiger partial charge on any atom is 0.144 e. The maximum atomic E-state index is 10.1. The zero-order valence-corrected chi connectivity index (χ0v) is 15.0. The number of nitrogens with two attached hydrogens (primary N) is 1. The molecule has 5 N–H and O–H groups in total. The molecule has 1 heterocycles. The van der Waals surface area contributed by atoms with E-state index in [2.05, 4.69) is 16.4 Å². The highest BCUT2D eigenvalue weighted by atomic mass is 16.5. The maximum absolute atomic E-state index is 10.1. The number of nitrogen functional groups attached to an aromatic ring is 1. The Balaban J connectivity index is 1.35. The number of fused-ring (bicyclic) bond motifs is 3. The number of aliphatic hydroxyl groups excluding tert-OH is 1. The molecule has 0 saturated carbocycles. The molecule has 0 fully saturated rings. The number of rotatable bonds is 7. The first-order valence-corrected chi connectivity index (χ1v) is 9.09. The van der Waals surface area contributed by atoms with Crippen LogP contribution in [-0.2, 0) is 0 Å². The van der Waals surface area contributed by atoms with Gasteiger partial charge in [0.1, 0.15) is 12.4 Å². The average molecular weight is 361 g/mol. The molecule has 0 aliphatic heterocycles. The predicted molar refractivity (Wildman–Crippen MR) is 110 cm³/mol. The van der Waals surface area contributed by atoms with Gasteiger partial charge in [-0.1, -0.05) is 48.5 Å². The molecule has 0 saturated heterocycles. The van der Waals surface area contributed by atoms with E-state index in [1.165, 1.54) is 0 Å². The number of H-pyrrole nitrogens is 1. The summed E-state index contributed by atoms with van der Waals surface area (Å²) in [4.78, 5) is 3.40. The van der Waals surface area contributed by atoms with Crippen LogP contribution in [0.4, 0.5) is 5.69 Å². The van der Waals surface area contributed by atoms with Crippen LogP contribution in [-0.4, -0.2) is 29.8 Å². The molecule has 0 aliphatic carbocycles. The molecule has 5 nitrogen and oxygen atoms in total. The van der Waals surface area contributed by atoms with Crippen LogP contribution >= 0.6 is 0 Å². The number of aromatic nitrogens is 1. The van der Waals surface area contributed by atoms with Crippen molar-refractivity contribution < 1.29 is 9.84 Å². The van der Waals surface area contributed by atoms with E-state index in [0.29, 0.717) is 31.1 Å². The second kappa shape index (κ2) is 7.70. The molecule has 1 aromatic heterocycles. The van der Waals surface area contributed by atoms with Crippen molar-refractivity contribution in [3.8, 4) is 5.75 Å². The molecule has 0 radical (unpaired) electrons. The summed E-state index contributed by atoms with van der Waals surface area (Å²) in [5.41, 5.74) is 9.79. The lowest BCUT2D eigenvalue weighted by Gasteiger charge is -2.13. The smallest absolute Gasteiger partial charge is 0.144 e. The van der Waals surface area contributed by atoms with E-state index < -0.39 is 6.10 Å². The average Bonchev–Trinajstić information content (AvgIpc) is 3.05. The van der Waals surface area contributed by atoms with Crippen LogP contribution in [0.5, 0.6) is 5.75 Å². The Hall–Kier alpha value is -3.02. The minimum Gasteiger partial charge on any atom is -0.490 e. The van der Waals surface area contributed by atoms with E-state index in [1.807, 2.05) is 60.7 Å². The van der Waals surface area contributed by atoms with Crippen LogP contribution in [0.15, 0.2) is 66.7 Å². The lowest BCUT2D eigenvalue weighted by atomic mass is 10.1. The predicted octanol–water partition coefficient (Wildman–Crippen LogP) is 3.61. The molecule has 3 aromatic carbocycles. The summed E-state index contributed by atoms with van der Waals surface area (Å²) in [6, 6.07) is 21.7. The van der Waals surface area contributed by atoms with Crippen LogP contribution < -0.4 is 15.8 Å². The van der Waals surface area contributed by atoms with Gasteiger partial charge in [0.15, 0.2) is 0 Å². The molecule has 5 heteroatoms. The highest BCUT2D eigenvalue weighted by Gasteiger charge is 2.09. The van der Waals surface area contributed by atoms with Crippen molar-refractivity contribution in [3.63, 3.8) is 0 Å². The van der Waals surface area contributed by atoms with E-state index in [4.69, 9.17) is 10.5 Å². The molecule has 0 bridgehead atoms. The SMILES string of the molecule is Nc1cc2c(cc1OCCNCC(O)c1ccccc1)[nH]c1ccccc12. The zero-order valence-electron chi connectivity index (χ0n) is 15.0. The molecular weight excluding hydrogens is 338 g/mol. The van der Waals surface area contributed by atoms with Gasteiger partial charge in [0, 0.05) is 35.4 Å². The number of ether oxygens (including phenoxy) is 1. The third-order valence-electron chi connectivity index (χ3n) is 4.69. The van der Waals surface area contributed by atoms with Gasteiger partial charge in [-0.15, -0.1) is 0 Å². The Morgan fingerprint density at radius 1 is 0.963 bits per heavy atom. The first-order valence-electron chi connectivity index (χ1n) is 9.09. The lowest BCUT2D eigenvalue weighted by Crippen LogP contribution is -2.26. The van der Waals surface area contributed by atoms with Crippen LogP contribution in [0.2, 0.25) is 0 Å². The first-order chi connectivity index (χ1) is 13.2. The van der Waals surface area contributed by atoms with Gasteiger partial charge in [-0.3, -0.25) is 0 Å². The van der Waals surface area contributed by atoms with Crippen molar-refractivity contribution in [1.82, 2.24) is 10.3 Å². The summed E-state index contributed by atoms with van der Waals surface area (Å²) in [7, 11) is 0. The van der Waals surface area contributed by atoms with E-state index in [9.17, 15) is 5.11 Å². The second-order valence-electron chi connectivity index (χ2n) is 6.59. The van der Waals surface area contributed by atoms with Gasteiger partial charge >= 0.3 is 0 Å². The topological polar surface area (TPSA) is 83.3 Å². The van der Waals surface area contributed by atoms with Crippen molar-refractivity contribution >= 4 is 27.5 Å². The largest absolute Gasteiger partial charge is 0.490 e. The fraction of sp³-hybridized carbons (Fsp3) is 0.182. The van der Waals surface area contributed by atoms with Crippen molar-refractivity contribution in [1.29, 1.82) is 0 Å². The third kappa shape index (κ3) is 3.74. The molecule has 27 heavy (non-hydrogen) atoms. The minimum absolute atomic E-state index is 0.470. The Morgan fingerprint density at radius 2 is 1.74 bits per heavy atom. The molecule has 0 amide bonds. The Labute approximate surface area is 157 Å². The molecule has 1 atom stereocenters. The number of nitrogens with one attached hydrogen (secondary N) is 2. The van der Waals surface area contributed by atoms with Gasteiger partial charge in [-0.25, -0.2) is 0 Å². The van der Waals surface area contributed by atoms with Crippen molar-refractivity contribution in [2.75, 3.05) is 25.4 Å². The molecule has 4 rings (SSSR count). The second-order valence-corrected chi connectivity index (χ2v) is 6.59. The Kier molecular flexibility index (Phi) is 4.96. The van der Waals surface area contributed by atoms with Gasteiger partial charge in [0.25, 0.3) is 0 Å². The van der Waals surface area contributed by atoms with Crippen LogP contribution in [0.25, 0.3) is 21.8 Å². The summed E-state index contributed by atoms with van der Waals surface area (Å²) >= 11 is 0. The number of hydrogen-bond donors (Lipinski definition) is 4. The van der Waals surface area contributed by atoms with Crippen molar-refractivity contribution in [3.05, 3.63) is 72.3 Å². The first kappa shape index (κ1) is 17.4. The molecule has 0 spiro atoms.